The average Bonchev–Trinajstić information content (AvgIpc) is 2.26. The summed E-state index contributed by atoms with van der Waals surface area (Å²) in [6.07, 6.45) is 2.73. The van der Waals surface area contributed by atoms with Gasteiger partial charge in [-0.2, -0.15) is 0 Å². The molecule has 1 atom stereocenters. The van der Waals surface area contributed by atoms with Crippen LogP contribution in [-0.2, 0) is 6.42 Å². The molecule has 2 N–H and O–H groups in total. The molecule has 0 amide bonds. The molecule has 1 aromatic rings. The van der Waals surface area contributed by atoms with Gasteiger partial charge in [-0.05, 0) is 24.0 Å². The quantitative estimate of drug-likeness (QED) is 0.837. The Morgan fingerprint density at radius 1 is 1.31 bits per heavy atom. The van der Waals surface area contributed by atoms with Gasteiger partial charge >= 0.3 is 0 Å². The van der Waals surface area contributed by atoms with Crippen molar-refractivity contribution in [3.63, 3.8) is 0 Å². The molecule has 3 heteroatoms. The van der Waals surface area contributed by atoms with Gasteiger partial charge in [-0.15, -0.1) is 0 Å². The van der Waals surface area contributed by atoms with Gasteiger partial charge in [-0.3, -0.25) is 0 Å². The van der Waals surface area contributed by atoms with Crippen molar-refractivity contribution in [3.8, 4) is 0 Å². The molecule has 1 rings (SSSR count). The van der Waals surface area contributed by atoms with Gasteiger partial charge in [0.25, 0.3) is 0 Å². The molecule has 0 spiro atoms. The number of rotatable bonds is 5. The lowest BCUT2D eigenvalue weighted by molar-refractivity contribution is 0.393. The minimum Gasteiger partial charge on any atom is -0.327 e. The summed E-state index contributed by atoms with van der Waals surface area (Å²) in [4.78, 5) is 0. The Morgan fingerprint density at radius 2 is 1.94 bits per heavy atom. The van der Waals surface area contributed by atoms with Gasteiger partial charge in [-0.25, -0.2) is 4.39 Å². The second-order valence-electron chi connectivity index (χ2n) is 4.16. The molecule has 0 aromatic heterocycles. The first-order valence-corrected chi connectivity index (χ1v) is 6.16. The first-order valence-electron chi connectivity index (χ1n) is 5.78. The number of hydrogen-bond donors (Lipinski definition) is 1. The summed E-state index contributed by atoms with van der Waals surface area (Å²) >= 11 is 5.90. The molecule has 0 saturated heterocycles. The molecule has 1 unspecified atom stereocenters. The van der Waals surface area contributed by atoms with E-state index < -0.39 is 0 Å². The van der Waals surface area contributed by atoms with Crippen LogP contribution < -0.4 is 5.73 Å². The van der Waals surface area contributed by atoms with E-state index in [9.17, 15) is 4.39 Å². The minimum atomic E-state index is -0.365. The van der Waals surface area contributed by atoms with Crippen LogP contribution in [0.5, 0.6) is 0 Å². The zero-order valence-electron chi connectivity index (χ0n) is 9.84. The lowest BCUT2D eigenvalue weighted by Gasteiger charge is -2.21. The second-order valence-corrected chi connectivity index (χ2v) is 4.54. The highest BCUT2D eigenvalue weighted by Crippen LogP contribution is 2.23. The first kappa shape index (κ1) is 13.5. The molecule has 0 aliphatic carbocycles. The lowest BCUT2D eigenvalue weighted by atomic mass is 9.90. The fraction of sp³-hybridized carbons (Fsp3) is 0.538. The van der Waals surface area contributed by atoms with Crippen molar-refractivity contribution in [2.45, 2.75) is 39.2 Å². The summed E-state index contributed by atoms with van der Waals surface area (Å²) in [5.74, 6) is 0.107. The van der Waals surface area contributed by atoms with Gasteiger partial charge in [0.05, 0.1) is 5.02 Å². The molecule has 0 aliphatic rings. The molecule has 0 fully saturated rings. The van der Waals surface area contributed by atoms with Crippen LogP contribution in [0.1, 0.15) is 32.3 Å². The third kappa shape index (κ3) is 3.19. The van der Waals surface area contributed by atoms with Crippen molar-refractivity contribution in [3.05, 3.63) is 34.6 Å². The maximum absolute atomic E-state index is 13.2. The van der Waals surface area contributed by atoms with Crippen LogP contribution in [0.3, 0.4) is 0 Å². The Bertz CT molecular complexity index is 337. The molecule has 1 nitrogen and oxygen atoms in total. The maximum Gasteiger partial charge on any atom is 0.142 e. The summed E-state index contributed by atoms with van der Waals surface area (Å²) in [5, 5.41) is 0.212. The SMILES string of the molecule is CCC(CC)C(N)Cc1cccc(F)c1Cl. The van der Waals surface area contributed by atoms with Crippen LogP contribution >= 0.6 is 11.6 Å². The van der Waals surface area contributed by atoms with E-state index in [2.05, 4.69) is 13.8 Å². The van der Waals surface area contributed by atoms with Gasteiger partial charge in [-0.1, -0.05) is 50.4 Å². The largest absolute Gasteiger partial charge is 0.327 e. The van der Waals surface area contributed by atoms with Crippen molar-refractivity contribution in [1.82, 2.24) is 0 Å². The number of nitrogens with two attached hydrogens (primary N) is 1. The van der Waals surface area contributed by atoms with Crippen LogP contribution in [0.15, 0.2) is 18.2 Å². The van der Waals surface area contributed by atoms with Crippen molar-refractivity contribution < 1.29 is 4.39 Å². The fourth-order valence-electron chi connectivity index (χ4n) is 2.02. The summed E-state index contributed by atoms with van der Waals surface area (Å²) in [6.45, 7) is 4.25. The summed E-state index contributed by atoms with van der Waals surface area (Å²) in [6, 6.07) is 4.94. The van der Waals surface area contributed by atoms with Gasteiger partial charge < -0.3 is 5.73 Å². The second kappa shape index (κ2) is 6.21. The molecular formula is C13H19ClFN. The molecule has 90 valence electrons. The van der Waals surface area contributed by atoms with Gasteiger partial charge in [0.15, 0.2) is 0 Å². The average molecular weight is 244 g/mol. The van der Waals surface area contributed by atoms with Crippen molar-refractivity contribution in [2.75, 3.05) is 0 Å². The van der Waals surface area contributed by atoms with Crippen LogP contribution in [0.25, 0.3) is 0 Å². The summed E-state index contributed by atoms with van der Waals surface area (Å²) < 4.78 is 13.2. The van der Waals surface area contributed by atoms with Crippen molar-refractivity contribution in [2.24, 2.45) is 11.7 Å². The molecular weight excluding hydrogens is 225 g/mol. The van der Waals surface area contributed by atoms with E-state index in [4.69, 9.17) is 17.3 Å². The van der Waals surface area contributed by atoms with E-state index in [1.54, 1.807) is 6.07 Å². The number of hydrogen-bond acceptors (Lipinski definition) is 1. The highest BCUT2D eigenvalue weighted by atomic mass is 35.5. The van der Waals surface area contributed by atoms with Crippen LogP contribution in [-0.4, -0.2) is 6.04 Å². The van der Waals surface area contributed by atoms with Crippen LogP contribution in [0.2, 0.25) is 5.02 Å². The lowest BCUT2D eigenvalue weighted by Crippen LogP contribution is -2.31. The third-order valence-electron chi connectivity index (χ3n) is 3.14. The third-order valence-corrected chi connectivity index (χ3v) is 3.56. The van der Waals surface area contributed by atoms with E-state index in [-0.39, 0.29) is 16.9 Å². The molecule has 0 bridgehead atoms. The Hall–Kier alpha value is -0.600. The monoisotopic (exact) mass is 243 g/mol. The summed E-state index contributed by atoms with van der Waals surface area (Å²) in [7, 11) is 0. The Balaban J connectivity index is 2.76. The van der Waals surface area contributed by atoms with Gasteiger partial charge in [0.2, 0.25) is 0 Å². The number of halogens is 2. The minimum absolute atomic E-state index is 0.0503. The van der Waals surface area contributed by atoms with Crippen LogP contribution in [0.4, 0.5) is 4.39 Å². The van der Waals surface area contributed by atoms with E-state index in [0.29, 0.717) is 12.3 Å². The highest BCUT2D eigenvalue weighted by molar-refractivity contribution is 6.31. The molecule has 0 saturated carbocycles. The number of benzene rings is 1. The molecule has 0 radical (unpaired) electrons. The Kier molecular flexibility index (Phi) is 5.23. The predicted molar refractivity (Wildman–Crippen MR) is 67.2 cm³/mol. The maximum atomic E-state index is 13.2. The molecule has 0 aliphatic heterocycles. The van der Waals surface area contributed by atoms with E-state index in [1.807, 2.05) is 6.07 Å². The zero-order chi connectivity index (χ0) is 12.1. The zero-order valence-corrected chi connectivity index (χ0v) is 10.6. The van der Waals surface area contributed by atoms with Gasteiger partial charge in [0.1, 0.15) is 5.82 Å². The van der Waals surface area contributed by atoms with Crippen molar-refractivity contribution >= 4 is 11.6 Å². The van der Waals surface area contributed by atoms with Gasteiger partial charge in [0, 0.05) is 6.04 Å². The Morgan fingerprint density at radius 3 is 2.50 bits per heavy atom. The first-order chi connectivity index (χ1) is 7.60. The highest BCUT2D eigenvalue weighted by Gasteiger charge is 2.16. The predicted octanol–water partition coefficient (Wildman–Crippen LogP) is 3.79. The molecule has 16 heavy (non-hydrogen) atoms. The topological polar surface area (TPSA) is 26.0 Å². The normalized spacial score (nSPS) is 13.1. The van der Waals surface area contributed by atoms with E-state index in [1.165, 1.54) is 6.07 Å². The standard InChI is InChI=1S/C13H19ClFN/c1-3-9(4-2)12(16)8-10-6-5-7-11(15)13(10)14/h5-7,9,12H,3-4,8,16H2,1-2H3. The van der Waals surface area contributed by atoms with Crippen LogP contribution in [0, 0.1) is 11.7 Å². The fourth-order valence-corrected chi connectivity index (χ4v) is 2.22. The molecule has 0 heterocycles. The van der Waals surface area contributed by atoms with E-state index in [0.717, 1.165) is 18.4 Å². The Labute approximate surface area is 102 Å². The molecule has 1 aromatic carbocycles. The summed E-state index contributed by atoms with van der Waals surface area (Å²) in [5.41, 5.74) is 6.92. The smallest absolute Gasteiger partial charge is 0.142 e. The van der Waals surface area contributed by atoms with Crippen molar-refractivity contribution in [1.29, 1.82) is 0 Å². The van der Waals surface area contributed by atoms with E-state index >= 15 is 0 Å².